The second-order valence-electron chi connectivity index (χ2n) is 4.52. The normalized spacial score (nSPS) is 10.0. The number of benzene rings is 2. The molecule has 0 saturated heterocycles. The monoisotopic (exact) mass is 318 g/mol. The van der Waals surface area contributed by atoms with Gasteiger partial charge in [0.05, 0.1) is 23.6 Å². The van der Waals surface area contributed by atoms with Crippen molar-refractivity contribution < 1.29 is 14.3 Å². The molecule has 0 aromatic heterocycles. The van der Waals surface area contributed by atoms with E-state index in [4.69, 9.17) is 22.1 Å². The van der Waals surface area contributed by atoms with Crippen LogP contribution in [0.1, 0.15) is 16.8 Å². The molecule has 0 aliphatic rings. The van der Waals surface area contributed by atoms with Crippen molar-refractivity contribution in [2.24, 2.45) is 5.73 Å². The van der Waals surface area contributed by atoms with Crippen molar-refractivity contribution in [3.8, 4) is 5.75 Å². The predicted molar refractivity (Wildman–Crippen MR) is 85.2 cm³/mol. The van der Waals surface area contributed by atoms with Gasteiger partial charge in [0.1, 0.15) is 5.75 Å². The van der Waals surface area contributed by atoms with Crippen molar-refractivity contribution in [1.82, 2.24) is 0 Å². The predicted octanol–water partition coefficient (Wildman–Crippen LogP) is 2.85. The first-order valence-electron chi connectivity index (χ1n) is 6.63. The molecule has 2 amide bonds. The molecule has 2 aromatic rings. The largest absolute Gasteiger partial charge is 0.493 e. The third-order valence-electron chi connectivity index (χ3n) is 2.85. The smallest absolute Gasteiger partial charge is 0.257 e. The Kier molecular flexibility index (Phi) is 5.38. The van der Waals surface area contributed by atoms with Gasteiger partial charge in [0.15, 0.2) is 0 Å². The summed E-state index contributed by atoms with van der Waals surface area (Å²) in [6, 6.07) is 13.6. The maximum atomic E-state index is 12.1. The molecule has 0 spiro atoms. The molecule has 6 heteroatoms. The van der Waals surface area contributed by atoms with Crippen LogP contribution < -0.4 is 15.8 Å². The minimum atomic E-state index is -0.413. The molecule has 0 fully saturated rings. The number of carbonyl (C=O) groups excluding carboxylic acids is 2. The minimum absolute atomic E-state index is 0.158. The summed E-state index contributed by atoms with van der Waals surface area (Å²) in [5.74, 6) is -0.103. The molecule has 2 rings (SSSR count). The van der Waals surface area contributed by atoms with Gasteiger partial charge in [-0.15, -0.1) is 0 Å². The van der Waals surface area contributed by atoms with E-state index in [0.717, 1.165) is 0 Å². The van der Waals surface area contributed by atoms with Gasteiger partial charge in [-0.3, -0.25) is 9.59 Å². The molecule has 22 heavy (non-hydrogen) atoms. The van der Waals surface area contributed by atoms with E-state index in [1.807, 2.05) is 0 Å². The lowest BCUT2D eigenvalue weighted by Crippen LogP contribution is -2.14. The van der Waals surface area contributed by atoms with Gasteiger partial charge in [0, 0.05) is 5.69 Å². The first kappa shape index (κ1) is 15.9. The molecule has 2 aromatic carbocycles. The first-order chi connectivity index (χ1) is 10.6. The zero-order valence-electron chi connectivity index (χ0n) is 11.7. The number of amides is 2. The van der Waals surface area contributed by atoms with Crippen LogP contribution in [-0.4, -0.2) is 18.4 Å². The molecule has 0 bridgehead atoms. The van der Waals surface area contributed by atoms with Gasteiger partial charge in [0.2, 0.25) is 5.91 Å². The molecule has 0 heterocycles. The van der Waals surface area contributed by atoms with E-state index >= 15 is 0 Å². The number of nitrogens with one attached hydrogen (secondary N) is 1. The van der Waals surface area contributed by atoms with Gasteiger partial charge >= 0.3 is 0 Å². The maximum absolute atomic E-state index is 12.1. The summed E-state index contributed by atoms with van der Waals surface area (Å²) >= 11 is 5.97. The van der Waals surface area contributed by atoms with Crippen LogP contribution >= 0.6 is 11.6 Å². The highest BCUT2D eigenvalue weighted by Gasteiger charge is 2.09. The summed E-state index contributed by atoms with van der Waals surface area (Å²) < 4.78 is 5.35. The van der Waals surface area contributed by atoms with Crippen LogP contribution in [0.3, 0.4) is 0 Å². The molecular formula is C16H15ClN2O3. The average molecular weight is 319 g/mol. The third-order valence-corrected chi connectivity index (χ3v) is 3.18. The summed E-state index contributed by atoms with van der Waals surface area (Å²) in [4.78, 5) is 22.7. The van der Waals surface area contributed by atoms with Crippen LogP contribution in [0.25, 0.3) is 0 Å². The second-order valence-corrected chi connectivity index (χ2v) is 4.93. The Balaban J connectivity index is 1.95. The van der Waals surface area contributed by atoms with Crippen LogP contribution in [0, 0.1) is 0 Å². The summed E-state index contributed by atoms with van der Waals surface area (Å²) in [5, 5.41) is 3.14. The topological polar surface area (TPSA) is 81.4 Å². The Morgan fingerprint density at radius 2 is 1.77 bits per heavy atom. The van der Waals surface area contributed by atoms with Crippen LogP contribution in [0.5, 0.6) is 5.75 Å². The Hall–Kier alpha value is -2.53. The van der Waals surface area contributed by atoms with Gasteiger partial charge in [-0.25, -0.2) is 0 Å². The Morgan fingerprint density at radius 3 is 2.41 bits per heavy atom. The van der Waals surface area contributed by atoms with Crippen molar-refractivity contribution in [2.75, 3.05) is 11.9 Å². The van der Waals surface area contributed by atoms with Crippen LogP contribution in [0.15, 0.2) is 48.5 Å². The number of nitrogens with two attached hydrogens (primary N) is 1. The first-order valence-corrected chi connectivity index (χ1v) is 7.01. The van der Waals surface area contributed by atoms with Gasteiger partial charge in [-0.1, -0.05) is 23.7 Å². The van der Waals surface area contributed by atoms with E-state index in [9.17, 15) is 9.59 Å². The molecular weight excluding hydrogens is 304 g/mol. The third kappa shape index (κ3) is 4.49. The van der Waals surface area contributed by atoms with E-state index in [-0.39, 0.29) is 18.9 Å². The number of halogens is 1. The Bertz CT molecular complexity index is 671. The number of carbonyl (C=O) groups is 2. The highest BCUT2D eigenvalue weighted by Crippen LogP contribution is 2.19. The fourth-order valence-electron chi connectivity index (χ4n) is 1.75. The van der Waals surface area contributed by atoms with E-state index in [1.54, 1.807) is 48.5 Å². The lowest BCUT2D eigenvalue weighted by atomic mass is 10.2. The van der Waals surface area contributed by atoms with E-state index in [1.165, 1.54) is 0 Å². The molecule has 114 valence electrons. The van der Waals surface area contributed by atoms with Crippen LogP contribution in [-0.2, 0) is 4.79 Å². The van der Waals surface area contributed by atoms with Crippen molar-refractivity contribution >= 4 is 29.1 Å². The van der Waals surface area contributed by atoms with Crippen molar-refractivity contribution in [3.05, 3.63) is 59.1 Å². The summed E-state index contributed by atoms with van der Waals surface area (Å²) in [6.07, 6.45) is 0.158. The van der Waals surface area contributed by atoms with Crippen LogP contribution in [0.4, 0.5) is 5.69 Å². The van der Waals surface area contributed by atoms with Crippen LogP contribution in [0.2, 0.25) is 5.02 Å². The van der Waals surface area contributed by atoms with Gasteiger partial charge in [-0.2, -0.15) is 0 Å². The number of primary amides is 1. The zero-order valence-corrected chi connectivity index (χ0v) is 12.5. The summed E-state index contributed by atoms with van der Waals surface area (Å²) in [6.45, 7) is 0.223. The average Bonchev–Trinajstić information content (AvgIpc) is 2.49. The van der Waals surface area contributed by atoms with Gasteiger partial charge < -0.3 is 15.8 Å². The summed E-state index contributed by atoms with van der Waals surface area (Å²) in [5.41, 5.74) is 6.05. The lowest BCUT2D eigenvalue weighted by Gasteiger charge is -2.08. The molecule has 3 N–H and O–H groups in total. The van der Waals surface area contributed by atoms with Crippen molar-refractivity contribution in [2.45, 2.75) is 6.42 Å². The minimum Gasteiger partial charge on any atom is -0.493 e. The van der Waals surface area contributed by atoms with E-state index in [0.29, 0.717) is 22.0 Å². The second kappa shape index (κ2) is 7.47. The van der Waals surface area contributed by atoms with E-state index < -0.39 is 5.91 Å². The highest BCUT2D eigenvalue weighted by atomic mass is 35.5. The zero-order chi connectivity index (χ0) is 15.9. The molecule has 5 nitrogen and oxygen atoms in total. The molecule has 0 unspecified atom stereocenters. The Labute approximate surface area is 133 Å². The number of hydrogen-bond donors (Lipinski definition) is 2. The maximum Gasteiger partial charge on any atom is 0.257 e. The number of anilines is 1. The highest BCUT2D eigenvalue weighted by molar-refractivity contribution is 6.34. The lowest BCUT2D eigenvalue weighted by molar-refractivity contribution is -0.118. The molecule has 0 saturated carbocycles. The molecule has 0 aliphatic carbocycles. The number of ether oxygens (including phenoxy) is 1. The molecule has 0 atom stereocenters. The standard InChI is InChI=1S/C16H15ClN2O3/c17-14-4-2-1-3-13(14)16(21)19-11-5-7-12(8-6-11)22-10-9-15(18)20/h1-8H,9-10H2,(H2,18,20)(H,19,21). The molecule has 0 radical (unpaired) electrons. The number of hydrogen-bond acceptors (Lipinski definition) is 3. The van der Waals surface area contributed by atoms with E-state index in [2.05, 4.69) is 5.32 Å². The Morgan fingerprint density at radius 1 is 1.09 bits per heavy atom. The SMILES string of the molecule is NC(=O)CCOc1ccc(NC(=O)c2ccccc2Cl)cc1. The molecule has 0 aliphatic heterocycles. The van der Waals surface area contributed by atoms with Gasteiger partial charge in [-0.05, 0) is 36.4 Å². The number of rotatable bonds is 6. The fraction of sp³-hybridized carbons (Fsp3) is 0.125. The fourth-order valence-corrected chi connectivity index (χ4v) is 1.97. The van der Waals surface area contributed by atoms with Gasteiger partial charge in [0.25, 0.3) is 5.91 Å². The quantitative estimate of drug-likeness (QED) is 0.859. The van der Waals surface area contributed by atoms with Crippen molar-refractivity contribution in [3.63, 3.8) is 0 Å². The summed E-state index contributed by atoms with van der Waals surface area (Å²) in [7, 11) is 0. The van der Waals surface area contributed by atoms with Crippen molar-refractivity contribution in [1.29, 1.82) is 0 Å².